The fourth-order valence-electron chi connectivity index (χ4n) is 3.06. The summed E-state index contributed by atoms with van der Waals surface area (Å²) < 4.78 is 45.7. The van der Waals surface area contributed by atoms with Crippen molar-refractivity contribution in [3.8, 4) is 0 Å². The van der Waals surface area contributed by atoms with Gasteiger partial charge in [-0.25, -0.2) is 0 Å². The Morgan fingerprint density at radius 2 is 1.96 bits per heavy atom. The van der Waals surface area contributed by atoms with E-state index in [1.54, 1.807) is 4.90 Å². The lowest BCUT2D eigenvalue weighted by Crippen LogP contribution is -2.62. The quantitative estimate of drug-likeness (QED) is 0.661. The summed E-state index contributed by atoms with van der Waals surface area (Å²) in [6.45, 7) is 1.15. The number of piperazine rings is 1. The normalized spacial score (nSPS) is 25.9. The van der Waals surface area contributed by atoms with Crippen LogP contribution in [-0.4, -0.2) is 61.2 Å². The van der Waals surface area contributed by atoms with Gasteiger partial charge < -0.3 is 9.64 Å². The second-order valence-electron chi connectivity index (χ2n) is 5.75. The Balaban J connectivity index is 1.80. The number of anilines is 1. The summed E-state index contributed by atoms with van der Waals surface area (Å²) in [5.74, 6) is 0. The summed E-state index contributed by atoms with van der Waals surface area (Å²) >= 11 is 0. The van der Waals surface area contributed by atoms with Crippen molar-refractivity contribution in [1.29, 1.82) is 0 Å². The van der Waals surface area contributed by atoms with E-state index in [-0.39, 0.29) is 24.9 Å². The van der Waals surface area contributed by atoms with Gasteiger partial charge in [0.15, 0.2) is 0 Å². The summed E-state index contributed by atoms with van der Waals surface area (Å²) in [7, 11) is 0. The molecule has 0 saturated carbocycles. The van der Waals surface area contributed by atoms with E-state index in [9.17, 15) is 23.3 Å². The highest BCUT2D eigenvalue weighted by Crippen LogP contribution is 2.33. The Kier molecular flexibility index (Phi) is 4.61. The number of nitrogens with one attached hydrogen (secondary N) is 1. The first-order chi connectivity index (χ1) is 11.4. The summed E-state index contributed by atoms with van der Waals surface area (Å²) in [5.41, 5.74) is 0.187. The topological polar surface area (TPSA) is 70.9 Å². The van der Waals surface area contributed by atoms with Crippen molar-refractivity contribution >= 4 is 11.4 Å². The molecular formula is C14H17F3N4O3. The monoisotopic (exact) mass is 346 g/mol. The Hall–Kier alpha value is -1.91. The number of ether oxygens (including phenoxy) is 1. The van der Waals surface area contributed by atoms with E-state index in [0.29, 0.717) is 25.6 Å². The zero-order chi connectivity index (χ0) is 17.3. The molecule has 1 N–H and O–H groups in total. The molecule has 2 heterocycles. The van der Waals surface area contributed by atoms with Crippen LogP contribution in [0.3, 0.4) is 0 Å². The molecule has 0 aliphatic carbocycles. The molecule has 3 rings (SSSR count). The minimum absolute atomic E-state index is 0.145. The van der Waals surface area contributed by atoms with Gasteiger partial charge in [-0.2, -0.15) is 13.2 Å². The van der Waals surface area contributed by atoms with Crippen LogP contribution in [-0.2, 0) is 4.74 Å². The molecule has 0 radical (unpaired) electrons. The lowest BCUT2D eigenvalue weighted by atomic mass is 10.1. The smallest absolute Gasteiger partial charge is 0.363 e. The average molecular weight is 346 g/mol. The first-order valence-corrected chi connectivity index (χ1v) is 7.49. The van der Waals surface area contributed by atoms with Crippen molar-refractivity contribution in [3.05, 3.63) is 34.4 Å². The van der Waals surface area contributed by atoms with Gasteiger partial charge in [0, 0.05) is 37.5 Å². The molecule has 0 aromatic heterocycles. The summed E-state index contributed by atoms with van der Waals surface area (Å²) in [4.78, 5) is 13.1. The van der Waals surface area contributed by atoms with Gasteiger partial charge >= 0.3 is 6.18 Å². The molecule has 2 saturated heterocycles. The van der Waals surface area contributed by atoms with Gasteiger partial charge in [0.2, 0.25) is 0 Å². The number of non-ortho nitro benzene ring substituents is 1. The van der Waals surface area contributed by atoms with E-state index in [1.165, 1.54) is 29.2 Å². The maximum Gasteiger partial charge on any atom is 0.409 e. The number of benzene rings is 1. The second kappa shape index (κ2) is 6.54. The molecule has 0 amide bonds. The second-order valence-corrected chi connectivity index (χ2v) is 5.75. The Morgan fingerprint density at radius 1 is 1.25 bits per heavy atom. The van der Waals surface area contributed by atoms with E-state index in [0.717, 1.165) is 0 Å². The molecule has 2 fully saturated rings. The number of hydrogen-bond donors (Lipinski definition) is 1. The Morgan fingerprint density at radius 3 is 2.50 bits per heavy atom. The number of alkyl halides is 3. The van der Waals surface area contributed by atoms with Gasteiger partial charge in [-0.3, -0.25) is 20.3 Å². The molecule has 1 aromatic carbocycles. The lowest BCUT2D eigenvalue weighted by Gasteiger charge is -2.44. The predicted molar refractivity (Wildman–Crippen MR) is 79.6 cm³/mol. The molecular weight excluding hydrogens is 329 g/mol. The van der Waals surface area contributed by atoms with Gasteiger partial charge in [-0.15, -0.1) is 0 Å². The number of hydrogen-bond acceptors (Lipinski definition) is 6. The number of nitro groups is 1. The molecule has 10 heteroatoms. The highest BCUT2D eigenvalue weighted by molar-refractivity contribution is 5.52. The van der Waals surface area contributed by atoms with Crippen LogP contribution < -0.4 is 10.2 Å². The van der Waals surface area contributed by atoms with Crippen molar-refractivity contribution < 1.29 is 22.8 Å². The van der Waals surface area contributed by atoms with Crippen molar-refractivity contribution in [3.63, 3.8) is 0 Å². The first-order valence-electron chi connectivity index (χ1n) is 7.49. The third kappa shape index (κ3) is 3.45. The summed E-state index contributed by atoms with van der Waals surface area (Å²) in [6, 6.07) is 3.51. The predicted octanol–water partition coefficient (Wildman–Crippen LogP) is 1.55. The van der Waals surface area contributed by atoms with E-state index >= 15 is 0 Å². The fourth-order valence-corrected chi connectivity index (χ4v) is 3.06. The standard InChI is InChI=1S/C14H17F3N4O3/c15-14(16,17)12-7-19(13-8-24-9-18-13)5-6-20(12)10-1-3-11(4-2-10)21(22)23/h1-4,12-13,18H,5-9H2. The highest BCUT2D eigenvalue weighted by atomic mass is 19.4. The largest absolute Gasteiger partial charge is 0.409 e. The number of rotatable bonds is 3. The fraction of sp³-hybridized carbons (Fsp3) is 0.571. The zero-order valence-electron chi connectivity index (χ0n) is 12.7. The maximum absolute atomic E-state index is 13.5. The van der Waals surface area contributed by atoms with Crippen molar-refractivity contribution in [2.45, 2.75) is 18.4 Å². The van der Waals surface area contributed by atoms with Gasteiger partial charge in [0.1, 0.15) is 6.04 Å². The molecule has 7 nitrogen and oxygen atoms in total. The minimum Gasteiger partial charge on any atom is -0.363 e. The highest BCUT2D eigenvalue weighted by Gasteiger charge is 2.47. The molecule has 132 valence electrons. The lowest BCUT2D eigenvalue weighted by molar-refractivity contribution is -0.384. The molecule has 2 unspecified atom stereocenters. The Labute approximate surface area is 136 Å². The first kappa shape index (κ1) is 16.9. The van der Waals surface area contributed by atoms with Crippen LogP contribution in [0.5, 0.6) is 0 Å². The van der Waals surface area contributed by atoms with Gasteiger partial charge in [-0.1, -0.05) is 0 Å². The van der Waals surface area contributed by atoms with E-state index in [1.807, 2.05) is 0 Å². The third-order valence-electron chi connectivity index (χ3n) is 4.32. The third-order valence-corrected chi connectivity index (χ3v) is 4.32. The van der Waals surface area contributed by atoms with Crippen LogP contribution in [0.25, 0.3) is 0 Å². The minimum atomic E-state index is -4.40. The van der Waals surface area contributed by atoms with Crippen LogP contribution >= 0.6 is 0 Å². The molecule has 0 bridgehead atoms. The van der Waals surface area contributed by atoms with Crippen molar-refractivity contribution in [2.24, 2.45) is 0 Å². The van der Waals surface area contributed by atoms with E-state index in [2.05, 4.69) is 5.32 Å². The van der Waals surface area contributed by atoms with Crippen LogP contribution in [0.1, 0.15) is 0 Å². The average Bonchev–Trinajstić information content (AvgIpc) is 3.08. The number of nitro benzene ring substituents is 1. The van der Waals surface area contributed by atoms with Gasteiger partial charge in [-0.05, 0) is 12.1 Å². The SMILES string of the molecule is O=[N+]([O-])c1ccc(N2CCN(C3COCN3)CC2C(F)(F)F)cc1. The van der Waals surface area contributed by atoms with Crippen molar-refractivity contribution in [2.75, 3.05) is 37.9 Å². The number of nitrogens with zero attached hydrogens (tertiary/aromatic N) is 3. The van der Waals surface area contributed by atoms with Crippen LogP contribution in [0.15, 0.2) is 24.3 Å². The van der Waals surface area contributed by atoms with Crippen LogP contribution in [0.4, 0.5) is 24.5 Å². The maximum atomic E-state index is 13.5. The molecule has 24 heavy (non-hydrogen) atoms. The molecule has 0 spiro atoms. The zero-order valence-corrected chi connectivity index (χ0v) is 12.7. The molecule has 2 aliphatic rings. The molecule has 1 aromatic rings. The van der Waals surface area contributed by atoms with E-state index < -0.39 is 17.1 Å². The van der Waals surface area contributed by atoms with Gasteiger partial charge in [0.05, 0.1) is 24.4 Å². The number of halogens is 3. The van der Waals surface area contributed by atoms with Gasteiger partial charge in [0.25, 0.3) is 5.69 Å². The van der Waals surface area contributed by atoms with E-state index in [4.69, 9.17) is 4.74 Å². The summed E-state index contributed by atoms with van der Waals surface area (Å²) in [5, 5.41) is 13.7. The van der Waals surface area contributed by atoms with Crippen LogP contribution in [0, 0.1) is 10.1 Å². The molecule has 2 aliphatic heterocycles. The van der Waals surface area contributed by atoms with Crippen molar-refractivity contribution in [1.82, 2.24) is 10.2 Å². The summed E-state index contributed by atoms with van der Waals surface area (Å²) in [6.07, 6.45) is -4.62. The molecule has 2 atom stereocenters. The Bertz CT molecular complexity index is 590. The van der Waals surface area contributed by atoms with Crippen LogP contribution in [0.2, 0.25) is 0 Å².